The quantitative estimate of drug-likeness (QED) is 0.358. The number of benzene rings is 1. The van der Waals surface area contributed by atoms with Crippen LogP contribution in [0.3, 0.4) is 0 Å². The van der Waals surface area contributed by atoms with Gasteiger partial charge < -0.3 is 27.7 Å². The SMILES string of the molecule is CSc1cc2c(c(SC)c1)C(N=C(N)N)(N=C(N)N)CCO2. The van der Waals surface area contributed by atoms with Gasteiger partial charge in [0.1, 0.15) is 5.75 Å². The highest BCUT2D eigenvalue weighted by atomic mass is 32.2. The molecule has 1 aromatic rings. The monoisotopic (exact) mass is 340 g/mol. The second-order valence-electron chi connectivity index (χ2n) is 4.69. The zero-order valence-electron chi connectivity index (χ0n) is 12.5. The van der Waals surface area contributed by atoms with Crippen LogP contribution in [-0.2, 0) is 5.66 Å². The Morgan fingerprint density at radius 3 is 2.23 bits per heavy atom. The van der Waals surface area contributed by atoms with Crippen LogP contribution < -0.4 is 27.7 Å². The number of nitrogens with zero attached hydrogens (tertiary/aromatic N) is 2. The van der Waals surface area contributed by atoms with Gasteiger partial charge in [0.15, 0.2) is 17.6 Å². The third kappa shape index (κ3) is 3.20. The van der Waals surface area contributed by atoms with E-state index in [9.17, 15) is 0 Å². The molecule has 1 aliphatic rings. The average molecular weight is 340 g/mol. The smallest absolute Gasteiger partial charge is 0.191 e. The van der Waals surface area contributed by atoms with E-state index in [0.717, 1.165) is 15.4 Å². The van der Waals surface area contributed by atoms with E-state index < -0.39 is 5.66 Å². The van der Waals surface area contributed by atoms with Crippen molar-refractivity contribution < 1.29 is 4.74 Å². The first-order valence-corrected chi connectivity index (χ1v) is 8.97. The molecule has 0 unspecified atom stereocenters. The van der Waals surface area contributed by atoms with E-state index in [1.165, 1.54) is 0 Å². The Balaban J connectivity index is 2.77. The lowest BCUT2D eigenvalue weighted by Gasteiger charge is -2.34. The Morgan fingerprint density at radius 2 is 1.73 bits per heavy atom. The largest absolute Gasteiger partial charge is 0.493 e. The zero-order chi connectivity index (χ0) is 16.3. The van der Waals surface area contributed by atoms with Crippen molar-refractivity contribution in [3.05, 3.63) is 17.7 Å². The third-order valence-corrected chi connectivity index (χ3v) is 4.70. The minimum atomic E-state index is -1.04. The van der Waals surface area contributed by atoms with Crippen molar-refractivity contribution in [2.45, 2.75) is 21.9 Å². The molecule has 2 rings (SSSR count). The topological polar surface area (TPSA) is 138 Å². The first-order chi connectivity index (χ1) is 10.4. The molecule has 120 valence electrons. The molecule has 1 aliphatic heterocycles. The number of ether oxygens (including phenoxy) is 1. The first-order valence-electron chi connectivity index (χ1n) is 6.52. The summed E-state index contributed by atoms with van der Waals surface area (Å²) in [6, 6.07) is 4.01. The summed E-state index contributed by atoms with van der Waals surface area (Å²) in [6.07, 6.45) is 4.44. The summed E-state index contributed by atoms with van der Waals surface area (Å²) in [5, 5.41) is 0. The summed E-state index contributed by atoms with van der Waals surface area (Å²) in [5.74, 6) is 0.565. The highest BCUT2D eigenvalue weighted by Crippen LogP contribution is 2.47. The van der Waals surface area contributed by atoms with Gasteiger partial charge in [0.05, 0.1) is 12.2 Å². The summed E-state index contributed by atoms with van der Waals surface area (Å²) >= 11 is 3.21. The molecule has 7 nitrogen and oxygen atoms in total. The maximum Gasteiger partial charge on any atom is 0.191 e. The maximum absolute atomic E-state index is 5.80. The van der Waals surface area contributed by atoms with Crippen LogP contribution in [0.4, 0.5) is 0 Å². The summed E-state index contributed by atoms with van der Waals surface area (Å²) in [6.45, 7) is 0.423. The van der Waals surface area contributed by atoms with Crippen LogP contribution in [0.15, 0.2) is 31.9 Å². The van der Waals surface area contributed by atoms with Crippen LogP contribution in [0.5, 0.6) is 5.75 Å². The Morgan fingerprint density at radius 1 is 1.09 bits per heavy atom. The van der Waals surface area contributed by atoms with Crippen LogP contribution in [0.1, 0.15) is 12.0 Å². The van der Waals surface area contributed by atoms with Crippen LogP contribution in [0.2, 0.25) is 0 Å². The van der Waals surface area contributed by atoms with Gasteiger partial charge in [-0.25, -0.2) is 9.98 Å². The molecule has 0 atom stereocenters. The van der Waals surface area contributed by atoms with Gasteiger partial charge in [-0.2, -0.15) is 0 Å². The zero-order valence-corrected chi connectivity index (χ0v) is 14.1. The fourth-order valence-corrected chi connectivity index (χ4v) is 3.71. The van der Waals surface area contributed by atoms with Gasteiger partial charge in [-0.05, 0) is 24.6 Å². The molecule has 0 spiro atoms. The van der Waals surface area contributed by atoms with Crippen molar-refractivity contribution in [3.8, 4) is 5.75 Å². The number of aliphatic imine (C=N–C) groups is 2. The van der Waals surface area contributed by atoms with Gasteiger partial charge in [0, 0.05) is 16.2 Å². The molecule has 0 saturated heterocycles. The van der Waals surface area contributed by atoms with Crippen LogP contribution in [0.25, 0.3) is 0 Å². The van der Waals surface area contributed by atoms with Gasteiger partial charge in [-0.15, -0.1) is 23.5 Å². The van der Waals surface area contributed by atoms with E-state index in [2.05, 4.69) is 16.1 Å². The van der Waals surface area contributed by atoms with Gasteiger partial charge in [0.25, 0.3) is 0 Å². The summed E-state index contributed by atoms with van der Waals surface area (Å²) < 4.78 is 5.80. The summed E-state index contributed by atoms with van der Waals surface area (Å²) in [7, 11) is 0. The van der Waals surface area contributed by atoms with Crippen molar-refractivity contribution in [1.82, 2.24) is 0 Å². The van der Waals surface area contributed by atoms with E-state index in [4.69, 9.17) is 27.7 Å². The molecule has 0 bridgehead atoms. The molecule has 0 fully saturated rings. The number of thioether (sulfide) groups is 2. The molecule has 1 heterocycles. The molecule has 0 aliphatic carbocycles. The van der Waals surface area contributed by atoms with E-state index in [-0.39, 0.29) is 11.9 Å². The highest BCUT2D eigenvalue weighted by molar-refractivity contribution is 7.99. The fraction of sp³-hybridized carbons (Fsp3) is 0.385. The van der Waals surface area contributed by atoms with E-state index in [1.54, 1.807) is 23.5 Å². The standard InChI is InChI=1S/C13H20N6OS2/c1-21-7-5-8-10(9(6-7)22-2)13(3-4-20-8,18-11(14)15)19-12(16)17/h5-6H,3-4H2,1-2H3,(H4,14,15,18)(H4,16,17,19). The second kappa shape index (κ2) is 6.57. The molecular weight excluding hydrogens is 320 g/mol. The number of guanidine groups is 2. The Kier molecular flexibility index (Phi) is 4.97. The Bertz CT molecular complexity index is 588. The van der Waals surface area contributed by atoms with Crippen molar-refractivity contribution in [2.75, 3.05) is 19.1 Å². The number of hydrogen-bond acceptors (Lipinski definition) is 5. The predicted molar refractivity (Wildman–Crippen MR) is 93.4 cm³/mol. The fourth-order valence-electron chi connectivity index (χ4n) is 2.46. The molecular formula is C13H20N6OS2. The van der Waals surface area contributed by atoms with E-state index >= 15 is 0 Å². The van der Waals surface area contributed by atoms with Gasteiger partial charge >= 0.3 is 0 Å². The van der Waals surface area contributed by atoms with Crippen LogP contribution in [0, 0.1) is 0 Å². The molecule has 8 N–H and O–H groups in total. The number of fused-ring (bicyclic) bond motifs is 1. The molecule has 0 radical (unpaired) electrons. The molecule has 9 heteroatoms. The summed E-state index contributed by atoms with van der Waals surface area (Å²) in [4.78, 5) is 10.8. The van der Waals surface area contributed by atoms with Gasteiger partial charge in [0.2, 0.25) is 0 Å². The minimum absolute atomic E-state index is 0.0705. The minimum Gasteiger partial charge on any atom is -0.493 e. The van der Waals surface area contributed by atoms with Gasteiger partial charge in [-0.1, -0.05) is 0 Å². The molecule has 1 aromatic carbocycles. The first kappa shape index (κ1) is 16.6. The number of hydrogen-bond donors (Lipinski definition) is 4. The second-order valence-corrected chi connectivity index (χ2v) is 6.42. The maximum atomic E-state index is 5.80. The normalized spacial score (nSPS) is 15.4. The van der Waals surface area contributed by atoms with Crippen molar-refractivity contribution in [3.63, 3.8) is 0 Å². The lowest BCUT2D eigenvalue weighted by molar-refractivity contribution is 0.218. The van der Waals surface area contributed by atoms with Crippen LogP contribution >= 0.6 is 23.5 Å². The number of nitrogens with two attached hydrogens (primary N) is 4. The third-order valence-electron chi connectivity index (χ3n) is 3.23. The number of rotatable bonds is 4. The summed E-state index contributed by atoms with van der Waals surface area (Å²) in [5.41, 5.74) is 22.2. The predicted octanol–water partition coefficient (Wildman–Crippen LogP) is 0.613. The lowest BCUT2D eigenvalue weighted by atomic mass is 9.93. The van der Waals surface area contributed by atoms with E-state index in [1.807, 2.05) is 18.6 Å². The lowest BCUT2D eigenvalue weighted by Crippen LogP contribution is -2.38. The molecule has 0 aromatic heterocycles. The molecule has 22 heavy (non-hydrogen) atoms. The highest BCUT2D eigenvalue weighted by Gasteiger charge is 2.40. The van der Waals surface area contributed by atoms with Crippen molar-refractivity contribution in [2.24, 2.45) is 32.9 Å². The van der Waals surface area contributed by atoms with E-state index in [0.29, 0.717) is 18.8 Å². The average Bonchev–Trinajstić information content (AvgIpc) is 2.44. The van der Waals surface area contributed by atoms with Crippen molar-refractivity contribution in [1.29, 1.82) is 0 Å². The van der Waals surface area contributed by atoms with Gasteiger partial charge in [-0.3, -0.25) is 0 Å². The molecule has 0 amide bonds. The Labute approximate surface area is 137 Å². The Hall–Kier alpha value is -1.74. The van der Waals surface area contributed by atoms with Crippen molar-refractivity contribution >= 4 is 35.4 Å². The molecule has 0 saturated carbocycles. The van der Waals surface area contributed by atoms with Crippen LogP contribution in [-0.4, -0.2) is 31.0 Å².